The maximum absolute atomic E-state index is 10.6. The highest BCUT2D eigenvalue weighted by molar-refractivity contribution is 7.46. The molecule has 0 bridgehead atoms. The molecule has 0 unspecified atom stereocenters. The van der Waals surface area contributed by atoms with E-state index in [4.69, 9.17) is 14.9 Å². The van der Waals surface area contributed by atoms with E-state index in [-0.39, 0.29) is 12.2 Å². The van der Waals surface area contributed by atoms with E-state index in [1.54, 1.807) is 0 Å². The molecule has 0 saturated carbocycles. The third-order valence-electron chi connectivity index (χ3n) is 1.57. The first kappa shape index (κ1) is 11.9. The predicted molar refractivity (Wildman–Crippen MR) is 50.2 cm³/mol. The average Bonchev–Trinajstić information content (AvgIpc) is 2.14. The van der Waals surface area contributed by atoms with E-state index in [0.717, 1.165) is 0 Å². The van der Waals surface area contributed by atoms with Crippen LogP contribution in [0.3, 0.4) is 0 Å². The number of carboxylic acid groups (broad SMARTS) is 1. The Morgan fingerprint density at radius 1 is 1.40 bits per heavy atom. The van der Waals surface area contributed by atoms with Crippen LogP contribution in [-0.4, -0.2) is 20.9 Å². The van der Waals surface area contributed by atoms with E-state index in [1.165, 1.54) is 24.3 Å². The second-order valence-electron chi connectivity index (χ2n) is 2.77. The maximum Gasteiger partial charge on any atom is 0.469 e. The first-order valence-corrected chi connectivity index (χ1v) is 5.44. The van der Waals surface area contributed by atoms with Crippen molar-refractivity contribution in [1.82, 2.24) is 0 Å². The van der Waals surface area contributed by atoms with Crippen LogP contribution in [0.25, 0.3) is 0 Å². The average molecular weight is 232 g/mol. The largest absolute Gasteiger partial charge is 0.478 e. The first-order valence-electron chi connectivity index (χ1n) is 3.91. The summed E-state index contributed by atoms with van der Waals surface area (Å²) in [6.45, 7) is -0.328. The minimum absolute atomic E-state index is 0.0433. The molecule has 1 aromatic carbocycles. The Bertz CT molecular complexity index is 409. The fourth-order valence-corrected chi connectivity index (χ4v) is 1.27. The molecule has 0 spiro atoms. The second-order valence-corrected chi connectivity index (χ2v) is 4.01. The van der Waals surface area contributed by atoms with Crippen LogP contribution in [-0.2, 0) is 15.7 Å². The van der Waals surface area contributed by atoms with E-state index in [0.29, 0.717) is 5.56 Å². The van der Waals surface area contributed by atoms with Crippen molar-refractivity contribution >= 4 is 13.8 Å². The van der Waals surface area contributed by atoms with Crippen LogP contribution in [0.4, 0.5) is 0 Å². The number of rotatable bonds is 4. The summed E-state index contributed by atoms with van der Waals surface area (Å²) < 4.78 is 14.6. The minimum Gasteiger partial charge on any atom is -0.478 e. The van der Waals surface area contributed by atoms with Gasteiger partial charge in [-0.25, -0.2) is 9.36 Å². The molecule has 0 aliphatic heterocycles. The normalized spacial score (nSPS) is 11.3. The Hall–Kier alpha value is -1.20. The molecule has 0 atom stereocenters. The molecule has 7 heteroatoms. The van der Waals surface area contributed by atoms with Crippen molar-refractivity contribution < 1.29 is 28.8 Å². The van der Waals surface area contributed by atoms with E-state index >= 15 is 0 Å². The molecule has 6 nitrogen and oxygen atoms in total. The molecule has 82 valence electrons. The molecular weight excluding hydrogens is 223 g/mol. The van der Waals surface area contributed by atoms with Crippen LogP contribution in [0.1, 0.15) is 15.9 Å². The zero-order valence-electron chi connectivity index (χ0n) is 7.53. The summed E-state index contributed by atoms with van der Waals surface area (Å²) in [7, 11) is -4.52. The number of hydrogen-bond donors (Lipinski definition) is 3. The predicted octanol–water partition coefficient (Wildman–Crippen LogP) is 0.994. The number of benzene rings is 1. The molecule has 0 radical (unpaired) electrons. The summed E-state index contributed by atoms with van der Waals surface area (Å²) in [4.78, 5) is 27.4. The minimum atomic E-state index is -4.52. The van der Waals surface area contributed by atoms with Crippen molar-refractivity contribution in [2.75, 3.05) is 0 Å². The van der Waals surface area contributed by atoms with E-state index in [9.17, 15) is 9.36 Å². The van der Waals surface area contributed by atoms with Crippen LogP contribution in [0, 0.1) is 0 Å². The first-order chi connectivity index (χ1) is 6.88. The zero-order chi connectivity index (χ0) is 11.5. The van der Waals surface area contributed by atoms with E-state index in [1.807, 2.05) is 0 Å². The summed E-state index contributed by atoms with van der Waals surface area (Å²) in [5, 5.41) is 8.64. The van der Waals surface area contributed by atoms with Crippen molar-refractivity contribution in [3.63, 3.8) is 0 Å². The van der Waals surface area contributed by atoms with Crippen LogP contribution in [0.5, 0.6) is 0 Å². The van der Waals surface area contributed by atoms with Gasteiger partial charge in [0.15, 0.2) is 0 Å². The van der Waals surface area contributed by atoms with Gasteiger partial charge >= 0.3 is 13.8 Å². The Morgan fingerprint density at radius 2 is 2.07 bits per heavy atom. The van der Waals surface area contributed by atoms with Gasteiger partial charge in [-0.2, -0.15) is 0 Å². The molecular formula is C8H9O6P. The van der Waals surface area contributed by atoms with E-state index < -0.39 is 13.8 Å². The lowest BCUT2D eigenvalue weighted by molar-refractivity contribution is 0.0696. The second kappa shape index (κ2) is 4.55. The van der Waals surface area contributed by atoms with Gasteiger partial charge in [-0.1, -0.05) is 12.1 Å². The van der Waals surface area contributed by atoms with Crippen molar-refractivity contribution in [3.05, 3.63) is 35.4 Å². The number of phosphoric ester groups is 1. The summed E-state index contributed by atoms with van der Waals surface area (Å²) in [5.41, 5.74) is 0.431. The molecule has 0 heterocycles. The molecule has 15 heavy (non-hydrogen) atoms. The Labute approximate surface area is 85.4 Å². The van der Waals surface area contributed by atoms with Gasteiger partial charge in [-0.15, -0.1) is 0 Å². The monoisotopic (exact) mass is 232 g/mol. The molecule has 0 fully saturated rings. The quantitative estimate of drug-likeness (QED) is 0.669. The highest BCUT2D eigenvalue weighted by Gasteiger charge is 2.14. The zero-order valence-corrected chi connectivity index (χ0v) is 8.42. The molecule has 0 aromatic heterocycles. The van der Waals surface area contributed by atoms with Gasteiger partial charge in [-0.05, 0) is 17.7 Å². The number of phosphoric acid groups is 1. The summed E-state index contributed by atoms with van der Waals surface area (Å²) >= 11 is 0. The summed E-state index contributed by atoms with van der Waals surface area (Å²) in [6.07, 6.45) is 0. The fraction of sp³-hybridized carbons (Fsp3) is 0.125. The lowest BCUT2D eigenvalue weighted by Crippen LogP contribution is -1.98. The number of hydrogen-bond acceptors (Lipinski definition) is 3. The summed E-state index contributed by atoms with van der Waals surface area (Å²) in [5.74, 6) is -1.10. The van der Waals surface area contributed by atoms with Crippen molar-refractivity contribution in [2.45, 2.75) is 6.61 Å². The Balaban J connectivity index is 2.74. The van der Waals surface area contributed by atoms with Crippen LogP contribution < -0.4 is 0 Å². The Kier molecular flexibility index (Phi) is 3.60. The summed E-state index contributed by atoms with van der Waals surface area (Å²) in [6, 6.07) is 5.66. The lowest BCUT2D eigenvalue weighted by Gasteiger charge is -2.05. The molecule has 0 aliphatic carbocycles. The van der Waals surface area contributed by atoms with Gasteiger partial charge in [0.2, 0.25) is 0 Å². The number of aromatic carboxylic acids is 1. The van der Waals surface area contributed by atoms with Gasteiger partial charge in [-0.3, -0.25) is 4.52 Å². The lowest BCUT2D eigenvalue weighted by atomic mass is 10.1. The van der Waals surface area contributed by atoms with Crippen LogP contribution >= 0.6 is 7.82 Å². The molecule has 0 aliphatic rings. The van der Waals surface area contributed by atoms with Gasteiger partial charge < -0.3 is 14.9 Å². The fourth-order valence-electron chi connectivity index (χ4n) is 0.953. The third kappa shape index (κ3) is 4.22. The maximum atomic E-state index is 10.6. The topological polar surface area (TPSA) is 104 Å². The van der Waals surface area contributed by atoms with Crippen molar-refractivity contribution in [3.8, 4) is 0 Å². The third-order valence-corrected chi connectivity index (χ3v) is 2.04. The standard InChI is InChI=1S/C8H9O6P/c9-8(10)7-3-1-2-6(4-7)5-14-15(11,12)13/h1-4H,5H2,(H,9,10)(H2,11,12,13). The molecule has 0 amide bonds. The molecule has 1 rings (SSSR count). The van der Waals surface area contributed by atoms with Crippen molar-refractivity contribution in [2.24, 2.45) is 0 Å². The van der Waals surface area contributed by atoms with Gasteiger partial charge in [0.1, 0.15) is 0 Å². The van der Waals surface area contributed by atoms with E-state index in [2.05, 4.69) is 4.52 Å². The smallest absolute Gasteiger partial charge is 0.469 e. The van der Waals surface area contributed by atoms with Crippen LogP contribution in [0.2, 0.25) is 0 Å². The number of carbonyl (C=O) groups is 1. The Morgan fingerprint density at radius 3 is 2.60 bits per heavy atom. The molecule has 1 aromatic rings. The van der Waals surface area contributed by atoms with Gasteiger partial charge in [0.05, 0.1) is 12.2 Å². The molecule has 0 saturated heterocycles. The highest BCUT2D eigenvalue weighted by atomic mass is 31.2. The molecule has 3 N–H and O–H groups in total. The number of carboxylic acids is 1. The SMILES string of the molecule is O=C(O)c1cccc(COP(=O)(O)O)c1. The van der Waals surface area contributed by atoms with Crippen LogP contribution in [0.15, 0.2) is 24.3 Å². The van der Waals surface area contributed by atoms with Gasteiger partial charge in [0, 0.05) is 0 Å². The highest BCUT2D eigenvalue weighted by Crippen LogP contribution is 2.36. The van der Waals surface area contributed by atoms with Crippen molar-refractivity contribution in [1.29, 1.82) is 0 Å². The van der Waals surface area contributed by atoms with Gasteiger partial charge in [0.25, 0.3) is 0 Å².